The van der Waals surface area contributed by atoms with E-state index < -0.39 is 9.84 Å². The highest BCUT2D eigenvalue weighted by Crippen LogP contribution is 2.15. The first kappa shape index (κ1) is 12.0. The van der Waals surface area contributed by atoms with Crippen molar-refractivity contribution >= 4 is 9.84 Å². The molecule has 0 amide bonds. The molecule has 0 aliphatic carbocycles. The average molecular weight is 219 g/mol. The van der Waals surface area contributed by atoms with Crippen LogP contribution in [0, 0.1) is 5.41 Å². The molecule has 0 saturated carbocycles. The number of hydrogen-bond acceptors (Lipinski definition) is 3. The smallest absolute Gasteiger partial charge is 0.150 e. The maximum Gasteiger partial charge on any atom is 0.150 e. The van der Waals surface area contributed by atoms with Gasteiger partial charge in [0, 0.05) is 12.6 Å². The molecule has 1 fully saturated rings. The summed E-state index contributed by atoms with van der Waals surface area (Å²) in [4.78, 5) is 0. The molecule has 0 aromatic rings. The summed E-state index contributed by atoms with van der Waals surface area (Å²) in [6.07, 6.45) is 1.55. The van der Waals surface area contributed by atoms with Crippen LogP contribution in [0.2, 0.25) is 0 Å². The van der Waals surface area contributed by atoms with E-state index in [1.165, 1.54) is 0 Å². The fraction of sp³-hybridized carbons (Fsp3) is 1.00. The summed E-state index contributed by atoms with van der Waals surface area (Å²) >= 11 is 0. The predicted octanol–water partition coefficient (Wildman–Crippen LogP) is 1.20. The molecule has 0 unspecified atom stereocenters. The van der Waals surface area contributed by atoms with Crippen molar-refractivity contribution in [1.82, 2.24) is 5.32 Å². The van der Waals surface area contributed by atoms with Gasteiger partial charge < -0.3 is 5.32 Å². The zero-order valence-corrected chi connectivity index (χ0v) is 10.2. The van der Waals surface area contributed by atoms with Gasteiger partial charge in [0.15, 0.2) is 0 Å². The zero-order valence-electron chi connectivity index (χ0n) is 9.34. The molecule has 1 aliphatic rings. The van der Waals surface area contributed by atoms with E-state index in [-0.39, 0.29) is 5.41 Å². The van der Waals surface area contributed by atoms with Crippen LogP contribution in [0.3, 0.4) is 0 Å². The Balaban J connectivity index is 2.30. The lowest BCUT2D eigenvalue weighted by Gasteiger charge is -2.27. The van der Waals surface area contributed by atoms with Crippen molar-refractivity contribution in [3.05, 3.63) is 0 Å². The molecule has 0 aromatic carbocycles. The Morgan fingerprint density at radius 3 is 2.14 bits per heavy atom. The summed E-state index contributed by atoms with van der Waals surface area (Å²) in [7, 11) is -2.71. The summed E-state index contributed by atoms with van der Waals surface area (Å²) in [5, 5.41) is 3.43. The lowest BCUT2D eigenvalue weighted by atomic mass is 9.96. The van der Waals surface area contributed by atoms with E-state index >= 15 is 0 Å². The minimum Gasteiger partial charge on any atom is -0.313 e. The van der Waals surface area contributed by atoms with Crippen LogP contribution in [0.25, 0.3) is 0 Å². The molecule has 14 heavy (non-hydrogen) atoms. The van der Waals surface area contributed by atoms with Gasteiger partial charge in [-0.2, -0.15) is 0 Å². The minimum absolute atomic E-state index is 0.274. The molecule has 0 bridgehead atoms. The molecule has 4 heteroatoms. The minimum atomic E-state index is -2.71. The zero-order chi connectivity index (χ0) is 10.8. The lowest BCUT2D eigenvalue weighted by Crippen LogP contribution is -2.41. The number of nitrogens with one attached hydrogen (secondary N) is 1. The van der Waals surface area contributed by atoms with E-state index in [4.69, 9.17) is 0 Å². The van der Waals surface area contributed by atoms with Crippen LogP contribution in [0.1, 0.15) is 33.6 Å². The third-order valence-corrected chi connectivity index (χ3v) is 4.19. The maximum absolute atomic E-state index is 11.2. The van der Waals surface area contributed by atoms with Gasteiger partial charge in [0.05, 0.1) is 11.5 Å². The van der Waals surface area contributed by atoms with Crippen LogP contribution in [0.5, 0.6) is 0 Å². The molecule has 1 aliphatic heterocycles. The molecular weight excluding hydrogens is 198 g/mol. The van der Waals surface area contributed by atoms with Gasteiger partial charge in [0.25, 0.3) is 0 Å². The van der Waals surface area contributed by atoms with Crippen molar-refractivity contribution in [2.75, 3.05) is 18.1 Å². The van der Waals surface area contributed by atoms with Gasteiger partial charge >= 0.3 is 0 Å². The van der Waals surface area contributed by atoms with Gasteiger partial charge in [-0.15, -0.1) is 0 Å². The second-order valence-corrected chi connectivity index (χ2v) is 7.67. The Hall–Kier alpha value is -0.0900. The van der Waals surface area contributed by atoms with Crippen LogP contribution in [-0.4, -0.2) is 32.5 Å². The van der Waals surface area contributed by atoms with Gasteiger partial charge in [-0.25, -0.2) is 8.42 Å². The highest BCUT2D eigenvalue weighted by atomic mass is 32.2. The van der Waals surface area contributed by atoms with Crippen LogP contribution >= 0.6 is 0 Å². The number of sulfone groups is 1. The third kappa shape index (κ3) is 4.42. The van der Waals surface area contributed by atoms with Crippen molar-refractivity contribution in [2.24, 2.45) is 5.41 Å². The summed E-state index contributed by atoms with van der Waals surface area (Å²) in [5.41, 5.74) is 0.274. The second-order valence-electron chi connectivity index (χ2n) is 5.37. The first-order valence-electron chi connectivity index (χ1n) is 5.22. The Kier molecular flexibility index (Phi) is 3.58. The maximum atomic E-state index is 11.2. The normalized spacial score (nSPS) is 23.6. The predicted molar refractivity (Wildman–Crippen MR) is 59.1 cm³/mol. The average Bonchev–Trinajstić information content (AvgIpc) is 2.01. The second kappa shape index (κ2) is 4.19. The van der Waals surface area contributed by atoms with Crippen LogP contribution in [0.4, 0.5) is 0 Å². The van der Waals surface area contributed by atoms with Gasteiger partial charge in [-0.1, -0.05) is 20.8 Å². The number of rotatable bonds is 2. The summed E-state index contributed by atoms with van der Waals surface area (Å²) in [5.74, 6) is 0.712. The third-order valence-electron chi connectivity index (χ3n) is 2.48. The van der Waals surface area contributed by atoms with Crippen LogP contribution in [0.15, 0.2) is 0 Å². The molecule has 0 spiro atoms. The Bertz CT molecular complexity index is 263. The molecule has 0 radical (unpaired) electrons. The molecule has 1 rings (SSSR count). The topological polar surface area (TPSA) is 46.2 Å². The summed E-state index contributed by atoms with van der Waals surface area (Å²) in [6.45, 7) is 7.50. The molecule has 1 heterocycles. The van der Waals surface area contributed by atoms with Gasteiger partial charge in [-0.05, 0) is 18.3 Å². The Morgan fingerprint density at radius 2 is 1.71 bits per heavy atom. The molecule has 0 atom stereocenters. The van der Waals surface area contributed by atoms with Crippen LogP contribution < -0.4 is 5.32 Å². The van der Waals surface area contributed by atoms with Crippen molar-refractivity contribution in [2.45, 2.75) is 39.7 Å². The van der Waals surface area contributed by atoms with Crippen molar-refractivity contribution in [3.8, 4) is 0 Å². The van der Waals surface area contributed by atoms with E-state index in [0.29, 0.717) is 17.5 Å². The van der Waals surface area contributed by atoms with Crippen molar-refractivity contribution in [3.63, 3.8) is 0 Å². The lowest BCUT2D eigenvalue weighted by molar-refractivity contribution is 0.339. The van der Waals surface area contributed by atoms with E-state index in [0.717, 1.165) is 19.4 Å². The molecular formula is C10H21NO2S. The first-order chi connectivity index (χ1) is 6.29. The van der Waals surface area contributed by atoms with E-state index in [1.54, 1.807) is 0 Å². The fourth-order valence-corrected chi connectivity index (χ4v) is 3.04. The monoisotopic (exact) mass is 219 g/mol. The summed E-state index contributed by atoms with van der Waals surface area (Å²) < 4.78 is 22.3. The molecule has 0 aromatic heterocycles. The fourth-order valence-electron chi connectivity index (χ4n) is 1.54. The van der Waals surface area contributed by atoms with Crippen molar-refractivity contribution in [1.29, 1.82) is 0 Å². The van der Waals surface area contributed by atoms with Gasteiger partial charge in [-0.3, -0.25) is 0 Å². The number of hydrogen-bond donors (Lipinski definition) is 1. The van der Waals surface area contributed by atoms with E-state index in [2.05, 4.69) is 26.1 Å². The largest absolute Gasteiger partial charge is 0.313 e. The SMILES string of the molecule is CC(C)(C)CNC1CCS(=O)(=O)CC1. The highest BCUT2D eigenvalue weighted by molar-refractivity contribution is 7.91. The van der Waals surface area contributed by atoms with Gasteiger partial charge in [0.1, 0.15) is 9.84 Å². The Labute approximate surface area is 87.2 Å². The van der Waals surface area contributed by atoms with Crippen LogP contribution in [-0.2, 0) is 9.84 Å². The van der Waals surface area contributed by atoms with Crippen molar-refractivity contribution < 1.29 is 8.42 Å². The van der Waals surface area contributed by atoms with E-state index in [1.807, 2.05) is 0 Å². The molecule has 84 valence electrons. The summed E-state index contributed by atoms with van der Waals surface area (Å²) in [6, 6.07) is 0.401. The standard InChI is InChI=1S/C10H21NO2S/c1-10(2,3)8-11-9-4-6-14(12,13)7-5-9/h9,11H,4-8H2,1-3H3. The molecule has 1 N–H and O–H groups in total. The first-order valence-corrected chi connectivity index (χ1v) is 7.04. The molecule has 1 saturated heterocycles. The van der Waals surface area contributed by atoms with Gasteiger partial charge in [0.2, 0.25) is 0 Å². The Morgan fingerprint density at radius 1 is 1.21 bits per heavy atom. The van der Waals surface area contributed by atoms with E-state index in [9.17, 15) is 8.42 Å². The highest BCUT2D eigenvalue weighted by Gasteiger charge is 2.24. The quantitative estimate of drug-likeness (QED) is 0.759. The molecule has 3 nitrogen and oxygen atoms in total.